The molecule has 4 rings (SSSR count). The first-order chi connectivity index (χ1) is 13.0. The van der Waals surface area contributed by atoms with Crippen LogP contribution in [0.4, 0.5) is 5.13 Å². The maximum atomic E-state index is 12.8. The second-order valence-electron chi connectivity index (χ2n) is 6.62. The van der Waals surface area contributed by atoms with Crippen molar-refractivity contribution in [1.29, 1.82) is 0 Å². The molecule has 3 amide bonds. The maximum Gasteiger partial charge on any atom is 0.255 e. The fourth-order valence-corrected chi connectivity index (χ4v) is 4.11. The van der Waals surface area contributed by atoms with Gasteiger partial charge in [0, 0.05) is 37.0 Å². The Morgan fingerprint density at radius 1 is 1.30 bits per heavy atom. The van der Waals surface area contributed by atoms with E-state index in [1.54, 1.807) is 11.0 Å². The number of hydrogen-bond acceptors (Lipinski definition) is 7. The van der Waals surface area contributed by atoms with Crippen molar-refractivity contribution < 1.29 is 14.4 Å². The number of hydrogen-bond donors (Lipinski definition) is 3. The largest absolute Gasteiger partial charge is 0.375 e. The molecule has 1 fully saturated rings. The monoisotopic (exact) mass is 385 g/mol. The number of imide groups is 1. The third-order valence-electron chi connectivity index (χ3n) is 4.87. The van der Waals surface area contributed by atoms with Gasteiger partial charge in [-0.2, -0.15) is 0 Å². The molecule has 0 bridgehead atoms. The first kappa shape index (κ1) is 17.6. The van der Waals surface area contributed by atoms with Crippen molar-refractivity contribution in [2.45, 2.75) is 38.5 Å². The van der Waals surface area contributed by atoms with Crippen molar-refractivity contribution in [2.24, 2.45) is 0 Å². The summed E-state index contributed by atoms with van der Waals surface area (Å²) in [5, 5.41) is 8.09. The van der Waals surface area contributed by atoms with E-state index in [4.69, 9.17) is 5.73 Å². The van der Waals surface area contributed by atoms with Crippen LogP contribution >= 0.6 is 11.3 Å². The number of benzene rings is 1. The highest BCUT2D eigenvalue weighted by atomic mass is 32.1. The Labute approximate surface area is 159 Å². The number of thiazole rings is 1. The fraction of sp³-hybridized carbons (Fsp3) is 0.333. The van der Waals surface area contributed by atoms with Crippen LogP contribution < -0.4 is 16.4 Å². The highest BCUT2D eigenvalue weighted by molar-refractivity contribution is 7.13. The van der Waals surface area contributed by atoms with Crippen molar-refractivity contribution >= 4 is 34.2 Å². The van der Waals surface area contributed by atoms with Crippen LogP contribution in [0, 0.1) is 0 Å². The summed E-state index contributed by atoms with van der Waals surface area (Å²) in [6.45, 7) is 1.54. The molecule has 9 heteroatoms. The van der Waals surface area contributed by atoms with Crippen LogP contribution in [0.15, 0.2) is 23.6 Å². The van der Waals surface area contributed by atoms with Gasteiger partial charge in [0.05, 0.1) is 5.69 Å². The Morgan fingerprint density at radius 2 is 2.15 bits per heavy atom. The first-order valence-corrected chi connectivity index (χ1v) is 9.57. The number of nitrogens with one attached hydrogen (secondary N) is 2. The zero-order valence-corrected chi connectivity index (χ0v) is 15.3. The minimum Gasteiger partial charge on any atom is -0.375 e. The molecule has 1 aromatic heterocycles. The van der Waals surface area contributed by atoms with Crippen LogP contribution in [0.1, 0.15) is 40.0 Å². The average Bonchev–Trinajstić information content (AvgIpc) is 3.19. The number of fused-ring (bicyclic) bond motifs is 1. The number of carbonyl (C=O) groups is 3. The van der Waals surface area contributed by atoms with Gasteiger partial charge in [-0.25, -0.2) is 4.98 Å². The Kier molecular flexibility index (Phi) is 4.63. The van der Waals surface area contributed by atoms with E-state index in [-0.39, 0.29) is 18.2 Å². The quantitative estimate of drug-likeness (QED) is 0.655. The smallest absolute Gasteiger partial charge is 0.255 e. The van der Waals surface area contributed by atoms with Crippen molar-refractivity contribution in [1.82, 2.24) is 20.5 Å². The lowest BCUT2D eigenvalue weighted by atomic mass is 10.0. The van der Waals surface area contributed by atoms with Crippen molar-refractivity contribution in [3.8, 4) is 0 Å². The van der Waals surface area contributed by atoms with E-state index in [0.29, 0.717) is 36.8 Å². The number of nitrogens with zero attached hydrogens (tertiary/aromatic N) is 2. The van der Waals surface area contributed by atoms with Crippen LogP contribution in [0.25, 0.3) is 0 Å². The van der Waals surface area contributed by atoms with Gasteiger partial charge in [0.15, 0.2) is 5.13 Å². The van der Waals surface area contributed by atoms with Gasteiger partial charge >= 0.3 is 0 Å². The lowest BCUT2D eigenvalue weighted by Crippen LogP contribution is -2.52. The van der Waals surface area contributed by atoms with Gasteiger partial charge in [0.2, 0.25) is 11.8 Å². The van der Waals surface area contributed by atoms with Gasteiger partial charge in [-0.05, 0) is 23.6 Å². The number of nitrogen functional groups attached to an aromatic ring is 1. The van der Waals surface area contributed by atoms with Crippen LogP contribution in [0.5, 0.6) is 0 Å². The maximum absolute atomic E-state index is 12.8. The molecule has 0 radical (unpaired) electrons. The molecule has 8 nitrogen and oxygen atoms in total. The molecule has 1 atom stereocenters. The van der Waals surface area contributed by atoms with Crippen molar-refractivity contribution in [2.75, 3.05) is 5.73 Å². The van der Waals surface area contributed by atoms with Gasteiger partial charge in [0.1, 0.15) is 6.04 Å². The standard InChI is InChI=1S/C18H19N5O3S/c19-18-21-11(9-27-18)7-20-6-10-2-1-3-12-13(10)8-23(17(12)26)14-4-5-15(24)22-16(14)25/h1-3,9,14,20H,4-8H2,(H2,19,21)(H,22,24,25). The number of amides is 3. The van der Waals surface area contributed by atoms with Crippen LogP contribution in [-0.2, 0) is 29.2 Å². The Hall–Kier alpha value is -2.78. The molecule has 27 heavy (non-hydrogen) atoms. The molecule has 1 unspecified atom stereocenters. The van der Waals surface area contributed by atoms with E-state index in [2.05, 4.69) is 15.6 Å². The molecule has 0 spiro atoms. The summed E-state index contributed by atoms with van der Waals surface area (Å²) in [5.74, 6) is -0.838. The summed E-state index contributed by atoms with van der Waals surface area (Å²) in [5.41, 5.74) is 9.08. The highest BCUT2D eigenvalue weighted by Gasteiger charge is 2.39. The second kappa shape index (κ2) is 7.09. The lowest BCUT2D eigenvalue weighted by molar-refractivity contribution is -0.136. The van der Waals surface area contributed by atoms with Crippen molar-refractivity contribution in [3.63, 3.8) is 0 Å². The summed E-state index contributed by atoms with van der Waals surface area (Å²) < 4.78 is 0. The average molecular weight is 385 g/mol. The summed E-state index contributed by atoms with van der Waals surface area (Å²) in [7, 11) is 0. The highest BCUT2D eigenvalue weighted by Crippen LogP contribution is 2.29. The number of carbonyl (C=O) groups excluding carboxylic acids is 3. The predicted octanol–water partition coefficient (Wildman–Crippen LogP) is 0.776. The summed E-state index contributed by atoms with van der Waals surface area (Å²) in [4.78, 5) is 42.1. The predicted molar refractivity (Wildman–Crippen MR) is 99.6 cm³/mol. The molecular weight excluding hydrogens is 366 g/mol. The molecule has 1 saturated heterocycles. The number of nitrogens with two attached hydrogens (primary N) is 1. The fourth-order valence-electron chi connectivity index (χ4n) is 3.54. The molecular formula is C18H19N5O3S. The molecule has 2 aliphatic rings. The molecule has 3 heterocycles. The molecule has 0 aliphatic carbocycles. The zero-order valence-electron chi connectivity index (χ0n) is 14.5. The van der Waals surface area contributed by atoms with Gasteiger partial charge in [-0.1, -0.05) is 12.1 Å². The molecule has 140 valence electrons. The van der Waals surface area contributed by atoms with E-state index >= 15 is 0 Å². The van der Waals surface area contributed by atoms with E-state index in [1.165, 1.54) is 11.3 Å². The summed E-state index contributed by atoms with van der Waals surface area (Å²) in [6.07, 6.45) is 0.616. The van der Waals surface area contributed by atoms with Crippen LogP contribution in [0.2, 0.25) is 0 Å². The normalized spacial score (nSPS) is 19.3. The number of aromatic nitrogens is 1. The molecule has 2 aliphatic heterocycles. The van der Waals surface area contributed by atoms with Crippen LogP contribution in [0.3, 0.4) is 0 Å². The minimum atomic E-state index is -0.596. The minimum absolute atomic E-state index is 0.159. The molecule has 0 saturated carbocycles. The molecule has 4 N–H and O–H groups in total. The van der Waals surface area contributed by atoms with E-state index in [0.717, 1.165) is 16.8 Å². The Morgan fingerprint density at radius 3 is 2.89 bits per heavy atom. The Bertz CT molecular complexity index is 925. The topological polar surface area (TPSA) is 117 Å². The van der Waals surface area contributed by atoms with Crippen LogP contribution in [-0.4, -0.2) is 33.6 Å². The summed E-state index contributed by atoms with van der Waals surface area (Å²) >= 11 is 1.40. The SMILES string of the molecule is Nc1nc(CNCc2cccc3c2CN(C2CCC(=O)NC2=O)C3=O)cs1. The third-order valence-corrected chi connectivity index (χ3v) is 5.59. The molecule has 1 aromatic carbocycles. The Balaban J connectivity index is 1.47. The first-order valence-electron chi connectivity index (χ1n) is 8.69. The number of piperidine rings is 1. The van der Waals surface area contributed by atoms with Crippen molar-refractivity contribution in [3.05, 3.63) is 46.0 Å². The lowest BCUT2D eigenvalue weighted by Gasteiger charge is -2.29. The second-order valence-corrected chi connectivity index (χ2v) is 7.51. The zero-order chi connectivity index (χ0) is 19.0. The third kappa shape index (κ3) is 3.43. The van der Waals surface area contributed by atoms with E-state index in [9.17, 15) is 14.4 Å². The van der Waals surface area contributed by atoms with E-state index < -0.39 is 11.9 Å². The molecule has 2 aromatic rings. The van der Waals surface area contributed by atoms with Gasteiger partial charge in [0.25, 0.3) is 5.91 Å². The summed E-state index contributed by atoms with van der Waals surface area (Å²) in [6, 6.07) is 5.01. The van der Waals surface area contributed by atoms with Gasteiger partial charge < -0.3 is 16.0 Å². The van der Waals surface area contributed by atoms with E-state index in [1.807, 2.05) is 17.5 Å². The number of rotatable bonds is 5. The number of anilines is 1. The van der Waals surface area contributed by atoms with Gasteiger partial charge in [-0.15, -0.1) is 11.3 Å². The van der Waals surface area contributed by atoms with Gasteiger partial charge in [-0.3, -0.25) is 19.7 Å².